The molecule has 0 radical (unpaired) electrons. The van der Waals surface area contributed by atoms with Crippen LogP contribution in [-0.2, 0) is 19.7 Å². The molecular formula is C27H34N2O5Si. The van der Waals surface area contributed by atoms with E-state index in [1.165, 1.54) is 0 Å². The van der Waals surface area contributed by atoms with Gasteiger partial charge < -0.3 is 18.4 Å². The minimum absolute atomic E-state index is 0.0389. The van der Waals surface area contributed by atoms with Crippen LogP contribution in [-0.4, -0.2) is 36.6 Å². The predicted molar refractivity (Wildman–Crippen MR) is 136 cm³/mol. The van der Waals surface area contributed by atoms with Crippen LogP contribution in [0, 0.1) is 6.92 Å². The number of ether oxygens (including phenoxy) is 1. The van der Waals surface area contributed by atoms with E-state index in [1.807, 2.05) is 55.5 Å². The second-order valence-corrected chi connectivity index (χ2v) is 15.5. The first-order chi connectivity index (χ1) is 16.4. The van der Waals surface area contributed by atoms with E-state index in [4.69, 9.17) is 13.6 Å². The van der Waals surface area contributed by atoms with Gasteiger partial charge >= 0.3 is 6.09 Å². The highest BCUT2D eigenvalue weighted by Crippen LogP contribution is 2.49. The number of oxazole rings is 1. The lowest BCUT2D eigenvalue weighted by Gasteiger charge is -2.49. The molecule has 0 N–H and O–H groups in total. The maximum absolute atomic E-state index is 13.6. The molecule has 1 saturated heterocycles. The highest BCUT2D eigenvalue weighted by Gasteiger charge is 2.56. The van der Waals surface area contributed by atoms with E-state index < -0.39 is 26.2 Å². The summed E-state index contributed by atoms with van der Waals surface area (Å²) in [6.07, 6.45) is -0.219. The number of rotatable bonds is 7. The van der Waals surface area contributed by atoms with Gasteiger partial charge in [-0.2, -0.15) is 0 Å². The third-order valence-corrected chi connectivity index (χ3v) is 11.8. The predicted octanol–water partition coefficient (Wildman–Crippen LogP) is 6.48. The van der Waals surface area contributed by atoms with Gasteiger partial charge in [-0.3, -0.25) is 4.90 Å². The number of aldehydes is 1. The summed E-state index contributed by atoms with van der Waals surface area (Å²) in [5.41, 5.74) is 1.50. The zero-order valence-corrected chi connectivity index (χ0v) is 22.5. The van der Waals surface area contributed by atoms with Crippen molar-refractivity contribution in [3.05, 3.63) is 65.5 Å². The Hall–Kier alpha value is -2.97. The SMILES string of the molecule is Cc1nc2cc([C@](CC=O)(O[Si](C)(C)C(C)(C)C)N3C(=O)O[C@H](c4ccccc4)[C@@H]3C)ccc2o1. The number of amides is 1. The van der Waals surface area contributed by atoms with Crippen molar-refractivity contribution in [1.82, 2.24) is 9.88 Å². The van der Waals surface area contributed by atoms with Crippen LogP contribution in [0.3, 0.4) is 0 Å². The third-order valence-electron chi connectivity index (χ3n) is 7.32. The molecule has 1 aromatic heterocycles. The van der Waals surface area contributed by atoms with E-state index >= 15 is 0 Å². The Morgan fingerprint density at radius 1 is 1.14 bits per heavy atom. The van der Waals surface area contributed by atoms with Gasteiger partial charge in [0, 0.05) is 12.5 Å². The second-order valence-electron chi connectivity index (χ2n) is 10.8. The van der Waals surface area contributed by atoms with Crippen molar-refractivity contribution in [1.29, 1.82) is 0 Å². The zero-order valence-electron chi connectivity index (χ0n) is 21.5. The Morgan fingerprint density at radius 2 is 1.83 bits per heavy atom. The van der Waals surface area contributed by atoms with Crippen LogP contribution < -0.4 is 0 Å². The molecule has 1 aliphatic rings. The normalized spacial score (nSPS) is 20.7. The Balaban J connectivity index is 1.91. The zero-order chi connectivity index (χ0) is 25.6. The minimum atomic E-state index is -2.50. The standard InChI is InChI=1S/C27H34N2O5Si/c1-18-24(20-11-9-8-10-12-20)33-25(31)29(18)27(15-16-30,34-35(6,7)26(3,4)5)21-13-14-23-22(17-21)28-19(2)32-23/h8-14,16-18,24H,15H2,1-7H3/t18-,24-,27-/m0/s1. The highest BCUT2D eigenvalue weighted by molar-refractivity contribution is 6.74. The first-order valence-electron chi connectivity index (χ1n) is 12.0. The van der Waals surface area contributed by atoms with Gasteiger partial charge in [-0.15, -0.1) is 0 Å². The average molecular weight is 495 g/mol. The molecular weight excluding hydrogens is 460 g/mol. The monoisotopic (exact) mass is 494 g/mol. The molecule has 186 valence electrons. The van der Waals surface area contributed by atoms with Gasteiger partial charge in [-0.05, 0) is 42.8 Å². The summed E-state index contributed by atoms with van der Waals surface area (Å²) in [4.78, 5) is 31.9. The van der Waals surface area contributed by atoms with Gasteiger partial charge in [0.1, 0.15) is 17.9 Å². The lowest BCUT2D eigenvalue weighted by molar-refractivity contribution is -0.124. The van der Waals surface area contributed by atoms with E-state index in [0.29, 0.717) is 22.6 Å². The number of aromatic nitrogens is 1. The second kappa shape index (κ2) is 8.91. The number of cyclic esters (lactones) is 1. The van der Waals surface area contributed by atoms with Crippen LogP contribution in [0.1, 0.15) is 57.2 Å². The van der Waals surface area contributed by atoms with Gasteiger partial charge in [0.25, 0.3) is 0 Å². The van der Waals surface area contributed by atoms with Crippen molar-refractivity contribution in [3.63, 3.8) is 0 Å². The molecule has 35 heavy (non-hydrogen) atoms. The fourth-order valence-electron chi connectivity index (χ4n) is 4.51. The smallest absolute Gasteiger partial charge is 0.413 e. The van der Waals surface area contributed by atoms with Gasteiger partial charge in [-0.1, -0.05) is 57.2 Å². The van der Waals surface area contributed by atoms with Crippen LogP contribution in [0.5, 0.6) is 0 Å². The molecule has 1 amide bonds. The van der Waals surface area contributed by atoms with Gasteiger partial charge in [-0.25, -0.2) is 9.78 Å². The van der Waals surface area contributed by atoms with E-state index in [9.17, 15) is 9.59 Å². The Kier molecular flexibility index (Phi) is 6.40. The molecule has 2 aromatic carbocycles. The Labute approximate surface area is 207 Å². The molecule has 7 nitrogen and oxygen atoms in total. The molecule has 3 atom stereocenters. The van der Waals surface area contributed by atoms with Gasteiger partial charge in [0.05, 0.1) is 12.5 Å². The summed E-state index contributed by atoms with van der Waals surface area (Å²) in [6, 6.07) is 14.8. The number of nitrogens with zero attached hydrogens (tertiary/aromatic N) is 2. The van der Waals surface area contributed by atoms with Crippen molar-refractivity contribution in [2.45, 2.75) is 77.0 Å². The largest absolute Gasteiger partial charge is 0.441 e. The van der Waals surface area contributed by atoms with Crippen LogP contribution >= 0.6 is 0 Å². The van der Waals surface area contributed by atoms with Crippen LogP contribution in [0.25, 0.3) is 11.1 Å². The summed E-state index contributed by atoms with van der Waals surface area (Å²) in [5.74, 6) is 0.543. The summed E-state index contributed by atoms with van der Waals surface area (Å²) in [7, 11) is -2.50. The molecule has 8 heteroatoms. The number of aryl methyl sites for hydroxylation is 1. The van der Waals surface area contributed by atoms with E-state index in [1.54, 1.807) is 11.8 Å². The van der Waals surface area contributed by atoms with Crippen molar-refractivity contribution in [2.24, 2.45) is 0 Å². The van der Waals surface area contributed by atoms with Crippen molar-refractivity contribution < 1.29 is 23.2 Å². The molecule has 3 aromatic rings. The molecule has 4 rings (SSSR count). The first kappa shape index (κ1) is 25.1. The summed E-state index contributed by atoms with van der Waals surface area (Å²) < 4.78 is 18.6. The fourth-order valence-corrected chi connectivity index (χ4v) is 5.96. The number of benzene rings is 2. The molecule has 2 heterocycles. The number of hydrogen-bond acceptors (Lipinski definition) is 6. The van der Waals surface area contributed by atoms with Crippen LogP contribution in [0.15, 0.2) is 52.9 Å². The highest BCUT2D eigenvalue weighted by atomic mass is 28.4. The van der Waals surface area contributed by atoms with Crippen LogP contribution in [0.2, 0.25) is 18.1 Å². The number of fused-ring (bicyclic) bond motifs is 1. The van der Waals surface area contributed by atoms with Crippen molar-refractivity contribution >= 4 is 31.8 Å². The molecule has 0 bridgehead atoms. The van der Waals surface area contributed by atoms with Crippen molar-refractivity contribution in [2.75, 3.05) is 0 Å². The quantitative estimate of drug-likeness (QED) is 0.276. The lowest BCUT2D eigenvalue weighted by atomic mass is 9.94. The average Bonchev–Trinajstić information content (AvgIpc) is 3.30. The fraction of sp³-hybridized carbons (Fsp3) is 0.444. The Morgan fingerprint density at radius 3 is 2.46 bits per heavy atom. The van der Waals surface area contributed by atoms with E-state index in [-0.39, 0.29) is 17.5 Å². The lowest BCUT2D eigenvalue weighted by Crippen LogP contribution is -2.58. The van der Waals surface area contributed by atoms with Gasteiger partial charge in [0.15, 0.2) is 25.5 Å². The van der Waals surface area contributed by atoms with Gasteiger partial charge in [0.2, 0.25) is 0 Å². The molecule has 0 spiro atoms. The van der Waals surface area contributed by atoms with E-state index in [0.717, 1.165) is 11.8 Å². The minimum Gasteiger partial charge on any atom is -0.441 e. The number of carbonyl (C=O) groups excluding carboxylic acids is 2. The maximum atomic E-state index is 13.6. The molecule has 0 unspecified atom stereocenters. The number of carbonyl (C=O) groups is 2. The molecule has 0 saturated carbocycles. The summed E-state index contributed by atoms with van der Waals surface area (Å²) >= 11 is 0. The Bertz CT molecular complexity index is 1230. The summed E-state index contributed by atoms with van der Waals surface area (Å²) in [5, 5.41) is -0.165. The van der Waals surface area contributed by atoms with Crippen LogP contribution in [0.4, 0.5) is 4.79 Å². The molecule has 0 aliphatic carbocycles. The molecule has 1 fully saturated rings. The third kappa shape index (κ3) is 4.41. The molecule has 1 aliphatic heterocycles. The van der Waals surface area contributed by atoms with Crippen molar-refractivity contribution in [3.8, 4) is 0 Å². The summed E-state index contributed by atoms with van der Waals surface area (Å²) in [6.45, 7) is 14.4. The topological polar surface area (TPSA) is 81.9 Å². The number of hydrogen-bond donors (Lipinski definition) is 0. The van der Waals surface area contributed by atoms with E-state index in [2.05, 4.69) is 38.8 Å². The maximum Gasteiger partial charge on any atom is 0.413 e. The first-order valence-corrected chi connectivity index (χ1v) is 14.9.